The van der Waals surface area contributed by atoms with E-state index in [1.807, 2.05) is 83.0 Å². The zero-order chi connectivity index (χ0) is 23.3. The summed E-state index contributed by atoms with van der Waals surface area (Å²) >= 11 is 0. The van der Waals surface area contributed by atoms with E-state index < -0.39 is 11.7 Å². The van der Waals surface area contributed by atoms with Crippen molar-refractivity contribution >= 4 is 29.4 Å². The number of nitrogens with one attached hydrogen (secondary N) is 3. The van der Waals surface area contributed by atoms with Crippen LogP contribution >= 0.6 is 0 Å². The fraction of sp³-hybridized carbons (Fsp3) is 0.391. The van der Waals surface area contributed by atoms with Crippen LogP contribution in [0, 0.1) is 0 Å². The van der Waals surface area contributed by atoms with Gasteiger partial charge in [-0.2, -0.15) is 0 Å². The van der Waals surface area contributed by atoms with Gasteiger partial charge < -0.3 is 15.0 Å². The molecule has 1 aliphatic rings. The normalized spacial score (nSPS) is 17.6. The number of carbonyl (C=O) groups is 1. The quantitative estimate of drug-likeness (QED) is 0.663. The molecule has 2 heterocycles. The minimum absolute atomic E-state index is 0.0982. The molecule has 0 radical (unpaired) electrons. The highest BCUT2D eigenvalue weighted by molar-refractivity contribution is 6.06. The Morgan fingerprint density at radius 1 is 1.19 bits per heavy atom. The molecule has 0 saturated carbocycles. The number of aliphatic imine (C=N–C) groups is 2. The molecular weight excluding hydrogens is 406 g/mol. The van der Waals surface area contributed by atoms with E-state index >= 15 is 0 Å². The molecule has 1 unspecified atom stereocenters. The Labute approximate surface area is 189 Å². The van der Waals surface area contributed by atoms with Gasteiger partial charge in [0.1, 0.15) is 5.60 Å². The summed E-state index contributed by atoms with van der Waals surface area (Å²) in [6.07, 6.45) is 2.58. The monoisotopic (exact) mass is 437 g/mol. The number of hydrogen-bond donors (Lipinski definition) is 3. The standard InChI is InChI=1S/C23H31N7O2/c1-15(2)25-21-29-20(26-17-10-12-24-13-11-17)28-19(30(21)6)16-8-7-9-18(14-16)27-22(31)32-23(3,4)5/h7-15,19H,1-6H3,(H,27,31)(H2,24,25,26,28,29). The molecule has 170 valence electrons. The third-order valence-electron chi connectivity index (χ3n) is 4.34. The van der Waals surface area contributed by atoms with E-state index in [1.54, 1.807) is 12.4 Å². The molecule has 1 atom stereocenters. The largest absolute Gasteiger partial charge is 0.444 e. The number of amides is 1. The predicted molar refractivity (Wildman–Crippen MR) is 128 cm³/mol. The van der Waals surface area contributed by atoms with Crippen molar-refractivity contribution in [2.45, 2.75) is 52.4 Å². The van der Waals surface area contributed by atoms with E-state index in [-0.39, 0.29) is 12.2 Å². The molecule has 0 aliphatic carbocycles. The van der Waals surface area contributed by atoms with E-state index in [1.165, 1.54) is 0 Å². The molecule has 0 saturated heterocycles. The summed E-state index contributed by atoms with van der Waals surface area (Å²) in [5.74, 6) is 1.27. The average molecular weight is 438 g/mol. The van der Waals surface area contributed by atoms with Crippen LogP contribution in [0.15, 0.2) is 58.8 Å². The molecule has 0 bridgehead atoms. The number of hydrogen-bond acceptors (Lipinski definition) is 6. The molecule has 0 spiro atoms. The topological polar surface area (TPSA) is 103 Å². The van der Waals surface area contributed by atoms with Crippen molar-refractivity contribution in [1.29, 1.82) is 0 Å². The van der Waals surface area contributed by atoms with E-state index in [2.05, 4.69) is 20.9 Å². The number of guanidine groups is 2. The van der Waals surface area contributed by atoms with E-state index in [9.17, 15) is 4.79 Å². The zero-order valence-corrected chi connectivity index (χ0v) is 19.4. The van der Waals surface area contributed by atoms with E-state index in [0.29, 0.717) is 17.6 Å². The van der Waals surface area contributed by atoms with Crippen molar-refractivity contribution < 1.29 is 9.53 Å². The molecule has 32 heavy (non-hydrogen) atoms. The Bertz CT molecular complexity index is 997. The Morgan fingerprint density at radius 2 is 1.91 bits per heavy atom. The van der Waals surface area contributed by atoms with Crippen LogP contribution in [0.5, 0.6) is 0 Å². The van der Waals surface area contributed by atoms with Gasteiger partial charge in [-0.15, -0.1) is 0 Å². The Hall–Kier alpha value is -3.62. The van der Waals surface area contributed by atoms with Crippen LogP contribution in [-0.2, 0) is 4.74 Å². The van der Waals surface area contributed by atoms with Crippen molar-refractivity contribution in [1.82, 2.24) is 15.2 Å². The summed E-state index contributed by atoms with van der Waals surface area (Å²) in [6, 6.07) is 11.4. The highest BCUT2D eigenvalue weighted by Crippen LogP contribution is 2.26. The summed E-state index contributed by atoms with van der Waals surface area (Å²) in [4.78, 5) is 27.7. The van der Waals surface area contributed by atoms with Crippen LogP contribution in [-0.4, -0.2) is 46.6 Å². The lowest BCUT2D eigenvalue weighted by atomic mass is 10.1. The van der Waals surface area contributed by atoms with E-state index in [0.717, 1.165) is 11.3 Å². The smallest absolute Gasteiger partial charge is 0.412 e. The first-order valence-electron chi connectivity index (χ1n) is 10.5. The maximum atomic E-state index is 12.2. The van der Waals surface area contributed by atoms with Crippen molar-refractivity contribution in [3.05, 3.63) is 54.4 Å². The fourth-order valence-corrected chi connectivity index (χ4v) is 3.05. The third-order valence-corrected chi connectivity index (χ3v) is 4.34. The molecule has 1 aromatic carbocycles. The number of pyridine rings is 1. The molecule has 1 amide bonds. The lowest BCUT2D eigenvalue weighted by Crippen LogP contribution is -2.51. The van der Waals surface area contributed by atoms with Crippen molar-refractivity contribution in [2.75, 3.05) is 17.7 Å². The number of ether oxygens (including phenoxy) is 1. The summed E-state index contributed by atoms with van der Waals surface area (Å²) < 4.78 is 5.36. The van der Waals surface area contributed by atoms with Gasteiger partial charge in [0.05, 0.1) is 0 Å². The highest BCUT2D eigenvalue weighted by Gasteiger charge is 2.27. The molecule has 3 N–H and O–H groups in total. The first-order chi connectivity index (χ1) is 15.1. The summed E-state index contributed by atoms with van der Waals surface area (Å²) in [7, 11) is 1.93. The SMILES string of the molecule is CC(C)N=C1NC(Nc2ccncc2)=NC(c2cccc(NC(=O)OC(C)(C)C)c2)N1C. The summed E-state index contributed by atoms with van der Waals surface area (Å²) in [5, 5.41) is 9.33. The third kappa shape index (κ3) is 6.44. The van der Waals surface area contributed by atoms with Gasteiger partial charge in [-0.1, -0.05) is 12.1 Å². The predicted octanol–water partition coefficient (Wildman–Crippen LogP) is 4.19. The molecule has 3 rings (SSSR count). The molecule has 9 nitrogen and oxygen atoms in total. The maximum Gasteiger partial charge on any atom is 0.412 e. The number of carbonyl (C=O) groups excluding carboxylic acids is 1. The Kier molecular flexibility index (Phi) is 6.97. The number of rotatable bonds is 4. The number of aromatic nitrogens is 1. The van der Waals surface area contributed by atoms with Gasteiger partial charge >= 0.3 is 6.09 Å². The van der Waals surface area contributed by atoms with Gasteiger partial charge in [0.15, 0.2) is 6.17 Å². The second-order valence-electron chi connectivity index (χ2n) is 8.75. The van der Waals surface area contributed by atoms with Crippen LogP contribution in [0.2, 0.25) is 0 Å². The van der Waals surface area contributed by atoms with Crippen LogP contribution in [0.4, 0.5) is 16.2 Å². The summed E-state index contributed by atoms with van der Waals surface area (Å²) in [5.41, 5.74) is 1.81. The second-order valence-corrected chi connectivity index (χ2v) is 8.75. The van der Waals surface area contributed by atoms with Gasteiger partial charge in [0, 0.05) is 36.9 Å². The van der Waals surface area contributed by atoms with Crippen molar-refractivity contribution in [3.63, 3.8) is 0 Å². The number of nitrogens with zero attached hydrogens (tertiary/aromatic N) is 4. The molecular formula is C23H31N7O2. The van der Waals surface area contributed by atoms with Crippen LogP contribution in [0.25, 0.3) is 0 Å². The number of anilines is 2. The van der Waals surface area contributed by atoms with Crippen LogP contribution in [0.1, 0.15) is 46.3 Å². The average Bonchev–Trinajstić information content (AvgIpc) is 2.69. The van der Waals surface area contributed by atoms with Gasteiger partial charge in [-0.05, 0) is 64.4 Å². The van der Waals surface area contributed by atoms with Crippen molar-refractivity contribution in [3.8, 4) is 0 Å². The first kappa shape index (κ1) is 23.1. The Morgan fingerprint density at radius 3 is 2.56 bits per heavy atom. The fourth-order valence-electron chi connectivity index (χ4n) is 3.05. The summed E-state index contributed by atoms with van der Waals surface area (Å²) in [6.45, 7) is 9.52. The molecule has 9 heteroatoms. The minimum atomic E-state index is -0.572. The minimum Gasteiger partial charge on any atom is -0.444 e. The second kappa shape index (κ2) is 9.67. The van der Waals surface area contributed by atoms with Gasteiger partial charge in [0.2, 0.25) is 11.9 Å². The molecule has 1 aromatic heterocycles. The maximum absolute atomic E-state index is 12.2. The first-order valence-corrected chi connectivity index (χ1v) is 10.5. The number of benzene rings is 1. The van der Waals surface area contributed by atoms with Crippen LogP contribution in [0.3, 0.4) is 0 Å². The molecule has 1 aliphatic heterocycles. The van der Waals surface area contributed by atoms with Gasteiger partial charge in [0.25, 0.3) is 0 Å². The van der Waals surface area contributed by atoms with Gasteiger partial charge in [-0.25, -0.2) is 14.8 Å². The van der Waals surface area contributed by atoms with E-state index in [4.69, 9.17) is 14.7 Å². The zero-order valence-electron chi connectivity index (χ0n) is 19.4. The Balaban J connectivity index is 1.89. The van der Waals surface area contributed by atoms with Crippen molar-refractivity contribution in [2.24, 2.45) is 9.98 Å². The lowest BCUT2D eigenvalue weighted by Gasteiger charge is -2.34. The van der Waals surface area contributed by atoms with Gasteiger partial charge in [-0.3, -0.25) is 15.6 Å². The lowest BCUT2D eigenvalue weighted by molar-refractivity contribution is 0.0636. The van der Waals surface area contributed by atoms with Crippen LogP contribution < -0.4 is 16.0 Å². The molecule has 0 fully saturated rings. The molecule has 2 aromatic rings. The highest BCUT2D eigenvalue weighted by atomic mass is 16.6.